The molecule has 90 valence electrons. The third-order valence-corrected chi connectivity index (χ3v) is 4.79. The first-order valence-electron chi connectivity index (χ1n) is 5.19. The molecule has 17 heavy (non-hydrogen) atoms. The lowest BCUT2D eigenvalue weighted by atomic mass is 10.1. The number of hydrogen-bond acceptors (Lipinski definition) is 2. The third-order valence-electron chi connectivity index (χ3n) is 2.60. The van der Waals surface area contributed by atoms with Crippen molar-refractivity contribution < 1.29 is 9.50 Å². The van der Waals surface area contributed by atoms with Crippen LogP contribution in [0.25, 0.3) is 0 Å². The lowest BCUT2D eigenvalue weighted by Crippen LogP contribution is -2.00. The van der Waals surface area contributed by atoms with E-state index in [1.54, 1.807) is 12.1 Å². The fraction of sp³-hybridized carbons (Fsp3) is 0.231. The topological polar surface area (TPSA) is 20.2 Å². The van der Waals surface area contributed by atoms with Gasteiger partial charge in [0.05, 0.1) is 3.79 Å². The second-order valence-electron chi connectivity index (χ2n) is 4.03. The highest BCUT2D eigenvalue weighted by Crippen LogP contribution is 2.35. The van der Waals surface area contributed by atoms with Crippen LogP contribution in [0.15, 0.2) is 28.1 Å². The molecule has 0 fully saturated rings. The second-order valence-corrected chi connectivity index (χ2v) is 6.43. The van der Waals surface area contributed by atoms with E-state index in [4.69, 9.17) is 0 Å². The molecule has 0 saturated heterocycles. The van der Waals surface area contributed by atoms with Gasteiger partial charge in [-0.1, -0.05) is 12.1 Å². The number of aliphatic hydroxyl groups is 1. The minimum absolute atomic E-state index is 0.323. The van der Waals surface area contributed by atoms with E-state index in [2.05, 4.69) is 15.9 Å². The molecule has 0 bridgehead atoms. The van der Waals surface area contributed by atoms with Crippen molar-refractivity contribution in [1.82, 2.24) is 0 Å². The standard InChI is InChI=1S/C13H12BrFOS/c1-7-3-4-9(10(15)5-7)12(16)11-6-8(2)13(14)17-11/h3-6,12,16H,1-2H3. The molecule has 0 radical (unpaired) electrons. The Hall–Kier alpha value is -0.710. The smallest absolute Gasteiger partial charge is 0.129 e. The zero-order valence-corrected chi connectivity index (χ0v) is 11.9. The Bertz CT molecular complexity index is 531. The van der Waals surface area contributed by atoms with Gasteiger partial charge >= 0.3 is 0 Å². The van der Waals surface area contributed by atoms with E-state index in [0.29, 0.717) is 5.56 Å². The third kappa shape index (κ3) is 2.59. The van der Waals surface area contributed by atoms with Gasteiger partial charge in [-0.2, -0.15) is 0 Å². The van der Waals surface area contributed by atoms with Crippen LogP contribution in [0.2, 0.25) is 0 Å². The van der Waals surface area contributed by atoms with Crippen molar-refractivity contribution >= 4 is 27.3 Å². The van der Waals surface area contributed by atoms with E-state index >= 15 is 0 Å². The van der Waals surface area contributed by atoms with Gasteiger partial charge in [-0.15, -0.1) is 11.3 Å². The molecule has 1 unspecified atom stereocenters. The summed E-state index contributed by atoms with van der Waals surface area (Å²) in [5.74, 6) is -0.361. The number of benzene rings is 1. The maximum absolute atomic E-state index is 13.7. The van der Waals surface area contributed by atoms with Crippen molar-refractivity contribution in [3.8, 4) is 0 Å². The Morgan fingerprint density at radius 1 is 1.29 bits per heavy atom. The van der Waals surface area contributed by atoms with E-state index in [0.717, 1.165) is 19.8 Å². The van der Waals surface area contributed by atoms with Crippen LogP contribution in [0.4, 0.5) is 4.39 Å². The predicted octanol–water partition coefficient (Wildman–Crippen LogP) is 4.35. The van der Waals surface area contributed by atoms with Gasteiger partial charge in [-0.25, -0.2) is 4.39 Å². The van der Waals surface area contributed by atoms with E-state index in [-0.39, 0.29) is 5.82 Å². The Labute approximate surface area is 112 Å². The summed E-state index contributed by atoms with van der Waals surface area (Å²) in [5, 5.41) is 10.2. The lowest BCUT2D eigenvalue weighted by molar-refractivity contribution is 0.218. The summed E-state index contributed by atoms with van der Waals surface area (Å²) < 4.78 is 14.7. The Balaban J connectivity index is 2.39. The summed E-state index contributed by atoms with van der Waals surface area (Å²) in [5.41, 5.74) is 2.22. The highest BCUT2D eigenvalue weighted by molar-refractivity contribution is 9.11. The molecule has 1 aromatic heterocycles. The first kappa shape index (κ1) is 12.7. The van der Waals surface area contributed by atoms with Crippen molar-refractivity contribution in [2.75, 3.05) is 0 Å². The molecule has 0 aliphatic carbocycles. The normalized spacial score (nSPS) is 12.8. The van der Waals surface area contributed by atoms with E-state index in [9.17, 15) is 9.50 Å². The number of hydrogen-bond donors (Lipinski definition) is 1. The van der Waals surface area contributed by atoms with Crippen molar-refractivity contribution in [3.63, 3.8) is 0 Å². The van der Waals surface area contributed by atoms with Crippen molar-refractivity contribution in [2.24, 2.45) is 0 Å². The summed E-state index contributed by atoms with van der Waals surface area (Å²) in [6, 6.07) is 6.75. The number of rotatable bonds is 2. The van der Waals surface area contributed by atoms with Crippen molar-refractivity contribution in [2.45, 2.75) is 20.0 Å². The van der Waals surface area contributed by atoms with Crippen LogP contribution in [-0.4, -0.2) is 5.11 Å². The number of halogens is 2. The van der Waals surface area contributed by atoms with Crippen LogP contribution in [0.5, 0.6) is 0 Å². The number of aliphatic hydroxyl groups excluding tert-OH is 1. The molecule has 2 rings (SSSR count). The predicted molar refractivity (Wildman–Crippen MR) is 72.0 cm³/mol. The molecule has 0 aliphatic rings. The summed E-state index contributed by atoms with van der Waals surface area (Å²) >= 11 is 4.83. The molecule has 1 nitrogen and oxygen atoms in total. The van der Waals surface area contributed by atoms with E-state index in [1.807, 2.05) is 19.9 Å². The average Bonchev–Trinajstić information content (AvgIpc) is 2.58. The zero-order chi connectivity index (χ0) is 12.6. The van der Waals surface area contributed by atoms with Gasteiger partial charge in [0, 0.05) is 10.4 Å². The molecule has 1 heterocycles. The summed E-state index contributed by atoms with van der Waals surface area (Å²) in [6.07, 6.45) is -0.898. The Kier molecular flexibility index (Phi) is 3.66. The summed E-state index contributed by atoms with van der Waals surface area (Å²) in [4.78, 5) is 0.747. The van der Waals surface area contributed by atoms with Gasteiger partial charge in [0.25, 0.3) is 0 Å². The maximum Gasteiger partial charge on any atom is 0.129 e. The van der Waals surface area contributed by atoms with Crippen LogP contribution < -0.4 is 0 Å². The maximum atomic E-state index is 13.7. The average molecular weight is 315 g/mol. The van der Waals surface area contributed by atoms with Crippen LogP contribution in [-0.2, 0) is 0 Å². The molecule has 0 spiro atoms. The Morgan fingerprint density at radius 3 is 2.53 bits per heavy atom. The quantitative estimate of drug-likeness (QED) is 0.873. The van der Waals surface area contributed by atoms with E-state index < -0.39 is 6.10 Å². The van der Waals surface area contributed by atoms with Gasteiger partial charge in [0.15, 0.2) is 0 Å². The first-order valence-corrected chi connectivity index (χ1v) is 6.80. The molecule has 4 heteroatoms. The monoisotopic (exact) mass is 314 g/mol. The zero-order valence-electron chi connectivity index (χ0n) is 9.50. The van der Waals surface area contributed by atoms with Crippen LogP contribution >= 0.6 is 27.3 Å². The van der Waals surface area contributed by atoms with Gasteiger partial charge in [-0.05, 0) is 53.0 Å². The molecular formula is C13H12BrFOS. The highest BCUT2D eigenvalue weighted by atomic mass is 79.9. The van der Waals surface area contributed by atoms with E-state index in [1.165, 1.54) is 17.4 Å². The molecule has 1 atom stereocenters. The summed E-state index contributed by atoms with van der Waals surface area (Å²) in [7, 11) is 0. The van der Waals surface area contributed by atoms with Crippen LogP contribution in [0.1, 0.15) is 27.7 Å². The number of aryl methyl sites for hydroxylation is 2. The lowest BCUT2D eigenvalue weighted by Gasteiger charge is -2.10. The molecular weight excluding hydrogens is 303 g/mol. The van der Waals surface area contributed by atoms with Crippen molar-refractivity contribution in [1.29, 1.82) is 0 Å². The molecule has 0 amide bonds. The second kappa shape index (κ2) is 4.88. The van der Waals surface area contributed by atoms with Gasteiger partial charge in [0.1, 0.15) is 11.9 Å². The molecule has 1 aromatic carbocycles. The Morgan fingerprint density at radius 2 is 2.00 bits per heavy atom. The molecule has 2 aromatic rings. The SMILES string of the molecule is Cc1ccc(C(O)c2cc(C)c(Br)s2)c(F)c1. The van der Waals surface area contributed by atoms with Crippen LogP contribution in [0, 0.1) is 19.7 Å². The van der Waals surface area contributed by atoms with Crippen LogP contribution in [0.3, 0.4) is 0 Å². The van der Waals surface area contributed by atoms with Gasteiger partial charge in [-0.3, -0.25) is 0 Å². The molecule has 0 saturated carbocycles. The molecule has 1 N–H and O–H groups in total. The largest absolute Gasteiger partial charge is 0.383 e. The molecule has 0 aliphatic heterocycles. The fourth-order valence-electron chi connectivity index (χ4n) is 1.63. The van der Waals surface area contributed by atoms with Crippen molar-refractivity contribution in [3.05, 3.63) is 55.4 Å². The van der Waals surface area contributed by atoms with Gasteiger partial charge < -0.3 is 5.11 Å². The minimum Gasteiger partial charge on any atom is -0.383 e. The first-order chi connectivity index (χ1) is 7.99. The minimum atomic E-state index is -0.898. The summed E-state index contributed by atoms with van der Waals surface area (Å²) in [6.45, 7) is 3.77. The van der Waals surface area contributed by atoms with Gasteiger partial charge in [0.2, 0.25) is 0 Å². The number of thiophene rings is 1. The fourth-order valence-corrected chi connectivity index (χ4v) is 3.20. The highest BCUT2D eigenvalue weighted by Gasteiger charge is 2.17.